The molecule has 1 saturated carbocycles. The summed E-state index contributed by atoms with van der Waals surface area (Å²) in [6.07, 6.45) is 2.05. The maximum atomic E-state index is 13.2. The topological polar surface area (TPSA) is 55.8 Å². The molecule has 29 heavy (non-hydrogen) atoms. The van der Waals surface area contributed by atoms with E-state index in [1.807, 2.05) is 30.3 Å². The Labute approximate surface area is 175 Å². The summed E-state index contributed by atoms with van der Waals surface area (Å²) in [6, 6.07) is 14.7. The molecule has 152 valence electrons. The molecule has 1 aromatic carbocycles. The largest absolute Gasteiger partial charge is 0.479 e. The molecule has 1 aliphatic carbocycles. The lowest BCUT2D eigenvalue weighted by Gasteiger charge is -2.25. The van der Waals surface area contributed by atoms with E-state index in [-0.39, 0.29) is 5.91 Å². The smallest absolute Gasteiger partial charge is 0.264 e. The van der Waals surface area contributed by atoms with Crippen LogP contribution in [0.15, 0.2) is 63.6 Å². The molecule has 0 spiro atoms. The minimum atomic E-state index is -0.706. The number of ether oxygens (including phenoxy) is 1. The van der Waals surface area contributed by atoms with Gasteiger partial charge in [0, 0.05) is 5.92 Å². The molecule has 3 aromatic rings. The van der Waals surface area contributed by atoms with Gasteiger partial charge in [-0.2, -0.15) is 0 Å². The molecule has 0 radical (unpaired) electrons. The number of rotatable bonds is 8. The number of nitrogens with zero attached hydrogens (tertiary/aromatic N) is 1. The number of carbonyl (C=O) groups excluding carboxylic acids is 1. The zero-order valence-electron chi connectivity index (χ0n) is 16.5. The van der Waals surface area contributed by atoms with Gasteiger partial charge in [0.05, 0.1) is 24.4 Å². The molecule has 0 aliphatic heterocycles. The molecule has 3 unspecified atom stereocenters. The first-order valence-corrected chi connectivity index (χ1v) is 10.2. The Morgan fingerprint density at radius 2 is 1.93 bits per heavy atom. The second kappa shape index (κ2) is 8.37. The van der Waals surface area contributed by atoms with E-state index in [1.54, 1.807) is 36.3 Å². The molecule has 1 fully saturated rings. The Morgan fingerprint density at radius 3 is 2.62 bits per heavy atom. The average molecular weight is 414 g/mol. The maximum absolute atomic E-state index is 13.2. The van der Waals surface area contributed by atoms with E-state index in [0.717, 1.165) is 17.9 Å². The first-order valence-electron chi connectivity index (χ1n) is 9.82. The van der Waals surface area contributed by atoms with Gasteiger partial charge in [0.2, 0.25) is 0 Å². The first-order chi connectivity index (χ1) is 14.0. The van der Waals surface area contributed by atoms with Crippen molar-refractivity contribution in [3.05, 3.63) is 77.1 Å². The van der Waals surface area contributed by atoms with E-state index in [2.05, 4.69) is 6.92 Å². The number of hydrogen-bond acceptors (Lipinski definition) is 4. The Hall–Kier alpha value is -2.66. The maximum Gasteiger partial charge on any atom is 0.264 e. The van der Waals surface area contributed by atoms with Gasteiger partial charge >= 0.3 is 0 Å². The van der Waals surface area contributed by atoms with Gasteiger partial charge in [-0.05, 0) is 55.7 Å². The summed E-state index contributed by atoms with van der Waals surface area (Å²) in [6.45, 7) is 4.61. The van der Waals surface area contributed by atoms with E-state index < -0.39 is 6.10 Å². The molecule has 2 aromatic heterocycles. The highest BCUT2D eigenvalue weighted by atomic mass is 35.5. The van der Waals surface area contributed by atoms with Crippen molar-refractivity contribution in [1.29, 1.82) is 0 Å². The lowest BCUT2D eigenvalue weighted by molar-refractivity contribution is -0.139. The van der Waals surface area contributed by atoms with Crippen LogP contribution in [0.3, 0.4) is 0 Å². The third-order valence-corrected chi connectivity index (χ3v) is 5.54. The summed E-state index contributed by atoms with van der Waals surface area (Å²) >= 11 is 6.17. The van der Waals surface area contributed by atoms with E-state index in [9.17, 15) is 4.79 Å². The van der Waals surface area contributed by atoms with Gasteiger partial charge in [0.25, 0.3) is 5.91 Å². The minimum Gasteiger partial charge on any atom is -0.479 e. The Morgan fingerprint density at radius 1 is 1.17 bits per heavy atom. The molecule has 4 rings (SSSR count). The second-order valence-electron chi connectivity index (χ2n) is 7.59. The predicted molar refractivity (Wildman–Crippen MR) is 110 cm³/mol. The zero-order chi connectivity index (χ0) is 20.4. The fourth-order valence-corrected chi connectivity index (χ4v) is 3.61. The number of carbonyl (C=O) groups is 1. The predicted octanol–water partition coefficient (Wildman–Crippen LogP) is 5.65. The molecule has 0 saturated heterocycles. The molecule has 0 bridgehead atoms. The standard InChI is InChI=1S/C23H24ClNO4/c1-15-12-19(15)21-10-9-18(29-21)14-25(13-17-6-5-11-27-17)23(26)16(2)28-22-8-4-3-7-20(22)24/h3-11,15-16,19H,12-14H2,1-2H3. The van der Waals surface area contributed by atoms with Gasteiger partial charge in [0.1, 0.15) is 23.0 Å². The summed E-state index contributed by atoms with van der Waals surface area (Å²) in [5.74, 6) is 3.93. The number of amides is 1. The van der Waals surface area contributed by atoms with Crippen molar-refractivity contribution >= 4 is 17.5 Å². The fraction of sp³-hybridized carbons (Fsp3) is 0.348. The van der Waals surface area contributed by atoms with Crippen LogP contribution in [0.5, 0.6) is 5.75 Å². The van der Waals surface area contributed by atoms with E-state index >= 15 is 0 Å². The summed E-state index contributed by atoms with van der Waals surface area (Å²) in [4.78, 5) is 14.8. The van der Waals surface area contributed by atoms with Gasteiger partial charge in [-0.15, -0.1) is 0 Å². The van der Waals surface area contributed by atoms with E-state index in [4.69, 9.17) is 25.2 Å². The number of halogens is 1. The first kappa shape index (κ1) is 19.6. The molecule has 6 heteroatoms. The van der Waals surface area contributed by atoms with E-state index in [0.29, 0.717) is 41.5 Å². The van der Waals surface area contributed by atoms with Crippen LogP contribution in [0.25, 0.3) is 0 Å². The van der Waals surface area contributed by atoms with Crippen molar-refractivity contribution in [1.82, 2.24) is 4.90 Å². The van der Waals surface area contributed by atoms with Gasteiger partial charge < -0.3 is 18.5 Å². The Bertz CT molecular complexity index is 965. The van der Waals surface area contributed by atoms with Crippen molar-refractivity contribution < 1.29 is 18.4 Å². The van der Waals surface area contributed by atoms with Crippen LogP contribution in [0.4, 0.5) is 0 Å². The summed E-state index contributed by atoms with van der Waals surface area (Å²) in [7, 11) is 0. The molecule has 1 amide bonds. The molecule has 2 heterocycles. The molecule has 5 nitrogen and oxygen atoms in total. The number of hydrogen-bond donors (Lipinski definition) is 0. The van der Waals surface area contributed by atoms with Gasteiger partial charge in [-0.1, -0.05) is 30.7 Å². The van der Waals surface area contributed by atoms with Gasteiger partial charge in [0.15, 0.2) is 6.10 Å². The van der Waals surface area contributed by atoms with Crippen molar-refractivity contribution in [2.24, 2.45) is 5.92 Å². The van der Waals surface area contributed by atoms with Crippen LogP contribution >= 0.6 is 11.6 Å². The molecular weight excluding hydrogens is 390 g/mol. The SMILES string of the molecule is CC(Oc1ccccc1Cl)C(=O)N(Cc1ccco1)Cc1ccc(C2CC2C)o1. The van der Waals surface area contributed by atoms with Crippen LogP contribution in [0.2, 0.25) is 5.02 Å². The Balaban J connectivity index is 1.49. The van der Waals surface area contributed by atoms with E-state index in [1.165, 1.54) is 0 Å². The lowest BCUT2D eigenvalue weighted by atomic mass is 10.2. The Kier molecular flexibility index (Phi) is 5.67. The summed E-state index contributed by atoms with van der Waals surface area (Å²) < 4.78 is 17.3. The van der Waals surface area contributed by atoms with Crippen LogP contribution < -0.4 is 4.74 Å². The fourth-order valence-electron chi connectivity index (χ4n) is 3.43. The number of benzene rings is 1. The third-order valence-electron chi connectivity index (χ3n) is 5.23. The summed E-state index contributed by atoms with van der Waals surface area (Å²) in [5.41, 5.74) is 0. The number of para-hydroxylation sites is 1. The highest BCUT2D eigenvalue weighted by Crippen LogP contribution is 2.47. The molecule has 0 N–H and O–H groups in total. The van der Waals surface area contributed by atoms with Crippen LogP contribution in [0.1, 0.15) is 43.5 Å². The molecule has 1 aliphatic rings. The third kappa shape index (κ3) is 4.67. The monoisotopic (exact) mass is 413 g/mol. The molecular formula is C23H24ClNO4. The van der Waals surface area contributed by atoms with Crippen LogP contribution in [-0.2, 0) is 17.9 Å². The van der Waals surface area contributed by atoms with Crippen LogP contribution in [-0.4, -0.2) is 16.9 Å². The lowest BCUT2D eigenvalue weighted by Crippen LogP contribution is -2.39. The normalized spacial score (nSPS) is 19.0. The number of furan rings is 2. The average Bonchev–Trinajstić information content (AvgIpc) is 3.10. The van der Waals surface area contributed by atoms with Crippen molar-refractivity contribution in [2.75, 3.05) is 0 Å². The highest BCUT2D eigenvalue weighted by Gasteiger charge is 2.36. The zero-order valence-corrected chi connectivity index (χ0v) is 17.3. The van der Waals surface area contributed by atoms with Gasteiger partial charge in [-0.25, -0.2) is 0 Å². The minimum absolute atomic E-state index is 0.168. The molecule has 3 atom stereocenters. The quantitative estimate of drug-likeness (QED) is 0.479. The van der Waals surface area contributed by atoms with Crippen molar-refractivity contribution in [3.63, 3.8) is 0 Å². The van der Waals surface area contributed by atoms with Crippen molar-refractivity contribution in [3.8, 4) is 5.75 Å². The van der Waals surface area contributed by atoms with Crippen LogP contribution in [0, 0.1) is 5.92 Å². The van der Waals surface area contributed by atoms with Gasteiger partial charge in [-0.3, -0.25) is 4.79 Å². The second-order valence-corrected chi connectivity index (χ2v) is 7.99. The van der Waals surface area contributed by atoms with Crippen molar-refractivity contribution in [2.45, 2.75) is 45.4 Å². The summed E-state index contributed by atoms with van der Waals surface area (Å²) in [5, 5.41) is 0.471. The highest BCUT2D eigenvalue weighted by molar-refractivity contribution is 6.32.